The molecule has 152 valence electrons. The van der Waals surface area contributed by atoms with Gasteiger partial charge in [-0.1, -0.05) is 43.2 Å². The van der Waals surface area contributed by atoms with Crippen molar-refractivity contribution in [1.82, 2.24) is 10.6 Å². The molecular weight excluding hydrogens is 366 g/mol. The summed E-state index contributed by atoms with van der Waals surface area (Å²) in [5.41, 5.74) is 5.60. The lowest BCUT2D eigenvalue weighted by molar-refractivity contribution is 0.466. The third-order valence-electron chi connectivity index (χ3n) is 6.18. The van der Waals surface area contributed by atoms with E-state index in [0.717, 1.165) is 50.3 Å². The molecule has 2 N–H and O–H groups in total. The normalized spacial score (nSPS) is 21.6. The first-order chi connectivity index (χ1) is 13.6. The number of fused-ring (bicyclic) bond motifs is 1. The van der Waals surface area contributed by atoms with E-state index in [9.17, 15) is 0 Å². The van der Waals surface area contributed by atoms with Crippen molar-refractivity contribution in [2.75, 3.05) is 19.6 Å². The molecule has 0 saturated heterocycles. The van der Waals surface area contributed by atoms with E-state index in [2.05, 4.69) is 47.3 Å². The standard InChI is InChI=1S/C24H34ClN3/c1-18-7-8-20-16-21(25)9-10-24(20)23(19(18)2)12-15-26-13-5-3-4-6-22-11-14-27-17-28-22/h9-11,16-17,19,23,26H,1,3-8,12-15H2,2H3,(H,27,28). The Balaban J connectivity index is 1.38. The van der Waals surface area contributed by atoms with E-state index < -0.39 is 0 Å². The largest absolute Gasteiger partial charge is 0.350 e. The van der Waals surface area contributed by atoms with Crippen molar-refractivity contribution in [3.8, 4) is 0 Å². The second-order valence-electron chi connectivity index (χ2n) is 8.11. The van der Waals surface area contributed by atoms with Crippen LogP contribution in [0.15, 0.2) is 47.1 Å². The van der Waals surface area contributed by atoms with E-state index in [1.165, 1.54) is 41.7 Å². The zero-order valence-electron chi connectivity index (χ0n) is 17.1. The van der Waals surface area contributed by atoms with Gasteiger partial charge in [-0.3, -0.25) is 4.99 Å². The Morgan fingerprint density at radius 3 is 2.93 bits per heavy atom. The molecule has 0 radical (unpaired) electrons. The quantitative estimate of drug-likeness (QED) is 0.321. The van der Waals surface area contributed by atoms with Crippen LogP contribution in [0.5, 0.6) is 0 Å². The number of aryl methyl sites for hydroxylation is 1. The summed E-state index contributed by atoms with van der Waals surface area (Å²) in [5, 5.41) is 7.74. The number of nitrogens with zero attached hydrogens (tertiary/aromatic N) is 1. The first kappa shape index (κ1) is 21.1. The smallest absolute Gasteiger partial charge is 0.0869 e. The maximum Gasteiger partial charge on any atom is 0.0869 e. The minimum absolute atomic E-state index is 0.532. The summed E-state index contributed by atoms with van der Waals surface area (Å²) in [6.07, 6.45) is 12.2. The predicted molar refractivity (Wildman–Crippen MR) is 121 cm³/mol. The number of rotatable bonds is 9. The summed E-state index contributed by atoms with van der Waals surface area (Å²) >= 11 is 6.24. The molecule has 2 atom stereocenters. The Kier molecular flexibility index (Phi) is 8.17. The minimum atomic E-state index is 0.532. The lowest BCUT2D eigenvalue weighted by Crippen LogP contribution is -2.22. The average Bonchev–Trinajstić information content (AvgIpc) is 2.82. The molecule has 0 fully saturated rings. The fourth-order valence-corrected chi connectivity index (χ4v) is 4.53. The third-order valence-corrected chi connectivity index (χ3v) is 6.42. The van der Waals surface area contributed by atoms with Crippen LogP contribution in [0, 0.1) is 5.92 Å². The Bertz CT molecular complexity index is 723. The van der Waals surface area contributed by atoms with Crippen LogP contribution in [0.4, 0.5) is 0 Å². The SMILES string of the molecule is C=C1CCc2cc(Cl)ccc2C(CCNCCCCCC2=CCN=CN2)C1C. The maximum absolute atomic E-state index is 6.24. The number of allylic oxidation sites excluding steroid dienone is 2. The van der Waals surface area contributed by atoms with E-state index in [1.54, 1.807) is 0 Å². The van der Waals surface area contributed by atoms with Gasteiger partial charge in [0, 0.05) is 10.7 Å². The van der Waals surface area contributed by atoms with Crippen LogP contribution in [0.2, 0.25) is 5.02 Å². The van der Waals surface area contributed by atoms with Gasteiger partial charge in [-0.25, -0.2) is 0 Å². The van der Waals surface area contributed by atoms with Crippen molar-refractivity contribution in [2.24, 2.45) is 10.9 Å². The Morgan fingerprint density at radius 2 is 2.11 bits per heavy atom. The number of nitrogens with one attached hydrogen (secondary N) is 2. The van der Waals surface area contributed by atoms with Crippen molar-refractivity contribution in [3.63, 3.8) is 0 Å². The van der Waals surface area contributed by atoms with Crippen LogP contribution >= 0.6 is 11.6 Å². The molecule has 0 spiro atoms. The Morgan fingerprint density at radius 1 is 1.21 bits per heavy atom. The van der Waals surface area contributed by atoms with Crippen molar-refractivity contribution in [3.05, 3.63) is 58.3 Å². The zero-order chi connectivity index (χ0) is 19.8. The van der Waals surface area contributed by atoms with Gasteiger partial charge in [0.1, 0.15) is 0 Å². The molecule has 0 aromatic heterocycles. The summed E-state index contributed by atoms with van der Waals surface area (Å²) in [7, 11) is 0. The molecule has 0 amide bonds. The lowest BCUT2D eigenvalue weighted by atomic mass is 9.81. The highest BCUT2D eigenvalue weighted by molar-refractivity contribution is 6.30. The summed E-state index contributed by atoms with van der Waals surface area (Å²) < 4.78 is 0. The second-order valence-corrected chi connectivity index (χ2v) is 8.55. The van der Waals surface area contributed by atoms with Gasteiger partial charge in [0.15, 0.2) is 0 Å². The minimum Gasteiger partial charge on any atom is -0.350 e. The van der Waals surface area contributed by atoms with Gasteiger partial charge in [0.05, 0.1) is 12.9 Å². The van der Waals surface area contributed by atoms with E-state index in [0.29, 0.717) is 11.8 Å². The summed E-state index contributed by atoms with van der Waals surface area (Å²) in [5.74, 6) is 1.07. The Labute approximate surface area is 175 Å². The molecule has 1 aromatic carbocycles. The molecule has 4 heteroatoms. The molecule has 1 aliphatic carbocycles. The molecule has 3 nitrogen and oxygen atoms in total. The number of aliphatic imine (C=N–C) groups is 1. The van der Waals surface area contributed by atoms with Gasteiger partial charge < -0.3 is 10.6 Å². The van der Waals surface area contributed by atoms with E-state index in [-0.39, 0.29) is 0 Å². The van der Waals surface area contributed by atoms with Crippen molar-refractivity contribution >= 4 is 17.9 Å². The van der Waals surface area contributed by atoms with Crippen LogP contribution in [0.25, 0.3) is 0 Å². The van der Waals surface area contributed by atoms with Gasteiger partial charge in [-0.05, 0) is 92.8 Å². The Hall–Kier alpha value is -1.58. The van der Waals surface area contributed by atoms with Crippen LogP contribution in [0.1, 0.15) is 62.5 Å². The third kappa shape index (κ3) is 5.96. The van der Waals surface area contributed by atoms with E-state index in [4.69, 9.17) is 11.6 Å². The van der Waals surface area contributed by atoms with E-state index >= 15 is 0 Å². The monoisotopic (exact) mass is 399 g/mol. The number of benzene rings is 1. The molecule has 28 heavy (non-hydrogen) atoms. The van der Waals surface area contributed by atoms with Gasteiger partial charge in [-0.2, -0.15) is 0 Å². The molecule has 1 aliphatic heterocycles. The number of hydrogen-bond acceptors (Lipinski definition) is 3. The first-order valence-corrected chi connectivity index (χ1v) is 11.1. The van der Waals surface area contributed by atoms with Gasteiger partial charge >= 0.3 is 0 Å². The molecule has 3 rings (SSSR count). The fourth-order valence-electron chi connectivity index (χ4n) is 4.34. The summed E-state index contributed by atoms with van der Waals surface area (Å²) in [6.45, 7) is 9.69. The number of unbranched alkanes of at least 4 members (excludes halogenated alkanes) is 2. The molecule has 1 aromatic rings. The topological polar surface area (TPSA) is 36.4 Å². The maximum atomic E-state index is 6.24. The molecular formula is C24H34ClN3. The van der Waals surface area contributed by atoms with Gasteiger partial charge in [0.25, 0.3) is 0 Å². The zero-order valence-corrected chi connectivity index (χ0v) is 17.9. The van der Waals surface area contributed by atoms with Gasteiger partial charge in [-0.15, -0.1) is 0 Å². The fraction of sp³-hybridized carbons (Fsp3) is 0.542. The average molecular weight is 400 g/mol. The molecule has 2 unspecified atom stereocenters. The van der Waals surface area contributed by atoms with Gasteiger partial charge in [0.2, 0.25) is 0 Å². The van der Waals surface area contributed by atoms with Crippen molar-refractivity contribution < 1.29 is 0 Å². The summed E-state index contributed by atoms with van der Waals surface area (Å²) in [4.78, 5) is 4.14. The molecule has 0 bridgehead atoms. The first-order valence-electron chi connectivity index (χ1n) is 10.8. The van der Waals surface area contributed by atoms with Crippen LogP contribution in [-0.4, -0.2) is 26.0 Å². The highest BCUT2D eigenvalue weighted by Gasteiger charge is 2.26. The van der Waals surface area contributed by atoms with Crippen LogP contribution in [-0.2, 0) is 6.42 Å². The predicted octanol–water partition coefficient (Wildman–Crippen LogP) is 5.62. The summed E-state index contributed by atoms with van der Waals surface area (Å²) in [6, 6.07) is 6.45. The second kappa shape index (κ2) is 10.8. The molecule has 2 aliphatic rings. The lowest BCUT2D eigenvalue weighted by Gasteiger charge is -2.25. The van der Waals surface area contributed by atoms with E-state index in [1.807, 2.05) is 12.4 Å². The molecule has 1 heterocycles. The number of hydrogen-bond donors (Lipinski definition) is 2. The molecule has 0 saturated carbocycles. The van der Waals surface area contributed by atoms with Crippen molar-refractivity contribution in [2.45, 2.75) is 57.8 Å². The van der Waals surface area contributed by atoms with Crippen LogP contribution in [0.3, 0.4) is 0 Å². The van der Waals surface area contributed by atoms with Crippen LogP contribution < -0.4 is 10.6 Å². The highest BCUT2D eigenvalue weighted by atomic mass is 35.5. The highest BCUT2D eigenvalue weighted by Crippen LogP contribution is 2.39. The van der Waals surface area contributed by atoms with Crippen molar-refractivity contribution in [1.29, 1.82) is 0 Å². The number of halogens is 1.